The average Bonchev–Trinajstić information content (AvgIpc) is 2.03. The molecule has 0 amide bonds. The van der Waals surface area contributed by atoms with Crippen LogP contribution >= 0.6 is 11.8 Å². The summed E-state index contributed by atoms with van der Waals surface area (Å²) in [7, 11) is 0. The van der Waals surface area contributed by atoms with Crippen molar-refractivity contribution in [1.82, 2.24) is 0 Å². The van der Waals surface area contributed by atoms with Crippen LogP contribution in [0.3, 0.4) is 0 Å². The van der Waals surface area contributed by atoms with E-state index in [0.29, 0.717) is 0 Å². The highest BCUT2D eigenvalue weighted by Crippen LogP contribution is 2.35. The minimum Gasteiger partial charge on any atom is -0.166 e. The lowest BCUT2D eigenvalue weighted by atomic mass is 10.2. The Morgan fingerprint density at radius 3 is 2.17 bits per heavy atom. The van der Waals surface area contributed by atoms with Crippen molar-refractivity contribution in [2.24, 2.45) is 0 Å². The molecule has 12 heavy (non-hydrogen) atoms. The van der Waals surface area contributed by atoms with Crippen molar-refractivity contribution < 1.29 is 13.2 Å². The lowest BCUT2D eigenvalue weighted by Crippen LogP contribution is -2.05. The Bertz CT molecular complexity index is 267. The van der Waals surface area contributed by atoms with Gasteiger partial charge in [0.2, 0.25) is 0 Å². The average molecular weight is 192 g/mol. The van der Waals surface area contributed by atoms with Crippen molar-refractivity contribution in [1.29, 1.82) is 0 Å². The highest BCUT2D eigenvalue weighted by atomic mass is 32.2. The van der Waals surface area contributed by atoms with Gasteiger partial charge in [-0.25, -0.2) is 0 Å². The molecule has 0 bridgehead atoms. The van der Waals surface area contributed by atoms with Gasteiger partial charge in [-0.05, 0) is 18.4 Å². The first-order valence-corrected chi connectivity index (χ1v) is 4.48. The summed E-state index contributed by atoms with van der Waals surface area (Å²) >= 11 is 1.10. The molecular weight excluding hydrogens is 185 g/mol. The maximum atomic E-state index is 12.2. The normalized spacial score (nSPS) is 11.7. The molecule has 0 aromatic heterocycles. The third kappa shape index (κ3) is 1.94. The van der Waals surface area contributed by atoms with Gasteiger partial charge < -0.3 is 0 Å². The van der Waals surface area contributed by atoms with Crippen LogP contribution in [-0.4, -0.2) is 6.26 Å². The van der Waals surface area contributed by atoms with Crippen LogP contribution in [0.15, 0.2) is 29.2 Å². The topological polar surface area (TPSA) is 0 Å². The lowest BCUT2D eigenvalue weighted by Gasteiger charge is -2.09. The van der Waals surface area contributed by atoms with E-state index in [2.05, 4.69) is 0 Å². The van der Waals surface area contributed by atoms with E-state index in [1.807, 2.05) is 0 Å². The van der Waals surface area contributed by atoms with E-state index in [0.717, 1.165) is 17.8 Å². The molecule has 0 aliphatic heterocycles. The zero-order valence-corrected chi connectivity index (χ0v) is 7.17. The van der Waals surface area contributed by atoms with Crippen molar-refractivity contribution >= 4 is 11.8 Å². The predicted molar refractivity (Wildman–Crippen MR) is 43.2 cm³/mol. The third-order valence-corrected chi connectivity index (χ3v) is 2.21. The van der Waals surface area contributed by atoms with Gasteiger partial charge in [0, 0.05) is 4.90 Å². The van der Waals surface area contributed by atoms with E-state index in [1.54, 1.807) is 12.3 Å². The van der Waals surface area contributed by atoms with Crippen LogP contribution in [0.4, 0.5) is 13.2 Å². The Balaban J connectivity index is 3.14. The largest absolute Gasteiger partial charge is 0.417 e. The molecule has 0 atom stereocenters. The third-order valence-electron chi connectivity index (χ3n) is 1.41. The summed E-state index contributed by atoms with van der Waals surface area (Å²) in [6.07, 6.45) is -2.61. The fourth-order valence-corrected chi connectivity index (χ4v) is 1.50. The molecular formula is C8H7F3S. The predicted octanol–water partition coefficient (Wildman–Crippen LogP) is 3.43. The maximum Gasteiger partial charge on any atom is 0.417 e. The molecule has 0 aliphatic carbocycles. The van der Waals surface area contributed by atoms with Crippen molar-refractivity contribution in [2.45, 2.75) is 11.1 Å². The fourth-order valence-electron chi connectivity index (χ4n) is 0.879. The number of thioether (sulfide) groups is 1. The number of alkyl halides is 3. The van der Waals surface area contributed by atoms with Gasteiger partial charge in [0.05, 0.1) is 5.56 Å². The van der Waals surface area contributed by atoms with Crippen molar-refractivity contribution in [2.75, 3.05) is 6.26 Å². The Morgan fingerprint density at radius 1 is 1.17 bits per heavy atom. The molecule has 1 aromatic carbocycles. The second-order valence-corrected chi connectivity index (χ2v) is 3.05. The zero-order chi connectivity index (χ0) is 9.19. The van der Waals surface area contributed by atoms with Crippen LogP contribution < -0.4 is 0 Å². The van der Waals surface area contributed by atoms with Crippen LogP contribution in [0.2, 0.25) is 0 Å². The van der Waals surface area contributed by atoms with Gasteiger partial charge in [-0.2, -0.15) is 13.2 Å². The van der Waals surface area contributed by atoms with E-state index < -0.39 is 11.7 Å². The Hall–Kier alpha value is -0.640. The molecule has 66 valence electrons. The summed E-state index contributed by atoms with van der Waals surface area (Å²) in [5.74, 6) is 0. The zero-order valence-electron chi connectivity index (χ0n) is 6.35. The molecule has 0 N–H and O–H groups in total. The van der Waals surface area contributed by atoms with E-state index in [4.69, 9.17) is 0 Å². The SMILES string of the molecule is CSc1ccccc1C(F)(F)F. The monoisotopic (exact) mass is 192 g/mol. The second-order valence-electron chi connectivity index (χ2n) is 2.20. The molecule has 0 unspecified atom stereocenters. The number of rotatable bonds is 1. The fraction of sp³-hybridized carbons (Fsp3) is 0.250. The number of hydrogen-bond donors (Lipinski definition) is 0. The Kier molecular flexibility index (Phi) is 2.67. The maximum absolute atomic E-state index is 12.2. The first kappa shape index (κ1) is 9.45. The first-order chi connectivity index (χ1) is 5.55. The van der Waals surface area contributed by atoms with E-state index >= 15 is 0 Å². The van der Waals surface area contributed by atoms with Gasteiger partial charge in [-0.15, -0.1) is 11.8 Å². The molecule has 0 fully saturated rings. The standard InChI is InChI=1S/C8H7F3S/c1-12-7-5-3-2-4-6(7)8(9,10)11/h2-5H,1H3. The van der Waals surface area contributed by atoms with E-state index in [-0.39, 0.29) is 4.90 Å². The summed E-state index contributed by atoms with van der Waals surface area (Å²) in [5, 5.41) is 0. The highest BCUT2D eigenvalue weighted by Gasteiger charge is 2.32. The molecule has 1 rings (SSSR count). The van der Waals surface area contributed by atoms with E-state index in [9.17, 15) is 13.2 Å². The van der Waals surface area contributed by atoms with Gasteiger partial charge in [0.15, 0.2) is 0 Å². The molecule has 0 nitrogen and oxygen atoms in total. The van der Waals surface area contributed by atoms with Crippen LogP contribution in [0.5, 0.6) is 0 Å². The molecule has 0 spiro atoms. The van der Waals surface area contributed by atoms with Crippen molar-refractivity contribution in [3.8, 4) is 0 Å². The van der Waals surface area contributed by atoms with Crippen molar-refractivity contribution in [3.63, 3.8) is 0 Å². The minimum atomic E-state index is -4.24. The number of halogens is 3. The minimum absolute atomic E-state index is 0.269. The number of benzene rings is 1. The first-order valence-electron chi connectivity index (χ1n) is 3.26. The van der Waals surface area contributed by atoms with Crippen LogP contribution in [0.1, 0.15) is 5.56 Å². The highest BCUT2D eigenvalue weighted by molar-refractivity contribution is 7.98. The molecule has 4 heteroatoms. The summed E-state index contributed by atoms with van der Waals surface area (Å²) in [6.45, 7) is 0. The molecule has 1 aromatic rings. The van der Waals surface area contributed by atoms with Gasteiger partial charge >= 0.3 is 6.18 Å². The Morgan fingerprint density at radius 2 is 1.75 bits per heavy atom. The lowest BCUT2D eigenvalue weighted by molar-refractivity contribution is -0.139. The summed E-state index contributed by atoms with van der Waals surface area (Å²) in [6, 6.07) is 5.54. The second kappa shape index (κ2) is 3.39. The van der Waals surface area contributed by atoms with Crippen LogP contribution in [-0.2, 0) is 6.18 Å². The molecule has 0 radical (unpaired) electrons. The number of hydrogen-bond acceptors (Lipinski definition) is 1. The molecule has 0 saturated heterocycles. The van der Waals surface area contributed by atoms with E-state index in [1.165, 1.54) is 12.1 Å². The van der Waals surface area contributed by atoms with Crippen LogP contribution in [0.25, 0.3) is 0 Å². The molecule has 0 saturated carbocycles. The Labute approximate surface area is 72.8 Å². The molecule has 0 aliphatic rings. The van der Waals surface area contributed by atoms with Gasteiger partial charge in [0.1, 0.15) is 0 Å². The molecule has 0 heterocycles. The summed E-state index contributed by atoms with van der Waals surface area (Å²) in [4.78, 5) is 0.269. The quantitative estimate of drug-likeness (QED) is 0.614. The summed E-state index contributed by atoms with van der Waals surface area (Å²) in [5.41, 5.74) is -0.558. The van der Waals surface area contributed by atoms with Crippen molar-refractivity contribution in [3.05, 3.63) is 29.8 Å². The smallest absolute Gasteiger partial charge is 0.166 e. The summed E-state index contributed by atoms with van der Waals surface area (Å²) < 4.78 is 36.7. The van der Waals surface area contributed by atoms with Gasteiger partial charge in [-0.1, -0.05) is 12.1 Å². The van der Waals surface area contributed by atoms with Gasteiger partial charge in [-0.3, -0.25) is 0 Å². The van der Waals surface area contributed by atoms with Gasteiger partial charge in [0.25, 0.3) is 0 Å². The van der Waals surface area contributed by atoms with Crippen LogP contribution in [0, 0.1) is 0 Å².